The summed E-state index contributed by atoms with van der Waals surface area (Å²) in [6, 6.07) is 0. The van der Waals surface area contributed by atoms with E-state index in [2.05, 4.69) is 0 Å². The summed E-state index contributed by atoms with van der Waals surface area (Å²) < 4.78 is 4.84. The van der Waals surface area contributed by atoms with E-state index in [1.807, 2.05) is 0 Å². The average molecular weight is 213 g/mol. The number of allylic oxidation sites excluding steroid dienone is 2. The van der Waals surface area contributed by atoms with Crippen LogP contribution >= 0.6 is 0 Å². The molecular formula is C10H15NO4. The van der Waals surface area contributed by atoms with E-state index < -0.39 is 12.2 Å². The lowest BCUT2D eigenvalue weighted by molar-refractivity contribution is -0.115. The van der Waals surface area contributed by atoms with Crippen LogP contribution in [-0.4, -0.2) is 43.8 Å². The van der Waals surface area contributed by atoms with Gasteiger partial charge in [0.2, 0.25) is 0 Å². The molecule has 0 spiro atoms. The van der Waals surface area contributed by atoms with E-state index in [1.165, 1.54) is 25.1 Å². The number of carbonyl (C=O) groups is 3. The first kappa shape index (κ1) is 13.4. The summed E-state index contributed by atoms with van der Waals surface area (Å²) in [5, 5.41) is 0. The van der Waals surface area contributed by atoms with E-state index >= 15 is 0 Å². The van der Waals surface area contributed by atoms with Crippen LogP contribution in [0.4, 0.5) is 4.79 Å². The fourth-order valence-corrected chi connectivity index (χ4v) is 0.802. The van der Waals surface area contributed by atoms with Crippen molar-refractivity contribution in [2.75, 3.05) is 14.1 Å². The zero-order chi connectivity index (χ0) is 11.7. The van der Waals surface area contributed by atoms with Crippen molar-refractivity contribution in [2.24, 2.45) is 0 Å². The SMILES string of the molecule is CN(C)C(=O)OC(C=O)CCC=CC=O. The second kappa shape index (κ2) is 7.73. The van der Waals surface area contributed by atoms with E-state index in [0.717, 1.165) is 0 Å². The lowest BCUT2D eigenvalue weighted by Gasteiger charge is -2.15. The summed E-state index contributed by atoms with van der Waals surface area (Å²) >= 11 is 0. The summed E-state index contributed by atoms with van der Waals surface area (Å²) in [5.74, 6) is 0. The number of nitrogens with zero attached hydrogens (tertiary/aromatic N) is 1. The molecule has 1 amide bonds. The molecule has 0 aromatic carbocycles. The van der Waals surface area contributed by atoms with Gasteiger partial charge in [0.1, 0.15) is 6.29 Å². The lowest BCUT2D eigenvalue weighted by atomic mass is 10.2. The van der Waals surface area contributed by atoms with Gasteiger partial charge in [0.25, 0.3) is 0 Å². The van der Waals surface area contributed by atoms with E-state index in [4.69, 9.17) is 4.74 Å². The highest BCUT2D eigenvalue weighted by molar-refractivity contribution is 5.70. The maximum atomic E-state index is 11.1. The minimum Gasteiger partial charge on any atom is -0.438 e. The third kappa shape index (κ3) is 6.42. The van der Waals surface area contributed by atoms with Crippen LogP contribution in [0.2, 0.25) is 0 Å². The molecule has 0 aromatic rings. The average Bonchev–Trinajstić information content (AvgIpc) is 2.22. The number of carbonyl (C=O) groups excluding carboxylic acids is 3. The van der Waals surface area contributed by atoms with Crippen molar-refractivity contribution in [3.8, 4) is 0 Å². The van der Waals surface area contributed by atoms with Crippen LogP contribution in [0.3, 0.4) is 0 Å². The van der Waals surface area contributed by atoms with Crippen LogP contribution in [-0.2, 0) is 14.3 Å². The molecule has 0 aliphatic carbocycles. The van der Waals surface area contributed by atoms with Gasteiger partial charge in [0, 0.05) is 14.1 Å². The Hall–Kier alpha value is -1.65. The largest absolute Gasteiger partial charge is 0.438 e. The number of hydrogen-bond donors (Lipinski definition) is 0. The predicted molar refractivity (Wildman–Crippen MR) is 54.5 cm³/mol. The summed E-state index contributed by atoms with van der Waals surface area (Å²) in [6.07, 6.45) is 3.79. The maximum absolute atomic E-state index is 11.1. The highest BCUT2D eigenvalue weighted by Crippen LogP contribution is 2.02. The van der Waals surface area contributed by atoms with E-state index in [9.17, 15) is 14.4 Å². The number of ether oxygens (including phenoxy) is 1. The second-order valence-corrected chi connectivity index (χ2v) is 3.09. The maximum Gasteiger partial charge on any atom is 0.409 e. The molecule has 84 valence electrons. The summed E-state index contributed by atoms with van der Waals surface area (Å²) in [7, 11) is 3.08. The summed E-state index contributed by atoms with van der Waals surface area (Å²) in [4.78, 5) is 32.8. The molecule has 0 saturated heterocycles. The molecule has 0 aliphatic rings. The standard InChI is InChI=1S/C10H15NO4/c1-11(2)10(14)15-9(8-13)6-4-3-5-7-12/h3,5,7-9H,4,6H2,1-2H3. The molecule has 5 heteroatoms. The zero-order valence-corrected chi connectivity index (χ0v) is 8.88. The number of aldehydes is 2. The number of hydrogen-bond acceptors (Lipinski definition) is 4. The molecule has 0 saturated carbocycles. The van der Waals surface area contributed by atoms with Gasteiger partial charge in [-0.25, -0.2) is 4.79 Å². The van der Waals surface area contributed by atoms with Gasteiger partial charge in [-0.05, 0) is 18.9 Å². The van der Waals surface area contributed by atoms with E-state index in [1.54, 1.807) is 6.08 Å². The van der Waals surface area contributed by atoms with Crippen molar-refractivity contribution < 1.29 is 19.1 Å². The van der Waals surface area contributed by atoms with Crippen molar-refractivity contribution in [2.45, 2.75) is 18.9 Å². The molecule has 0 aliphatic heterocycles. The summed E-state index contributed by atoms with van der Waals surface area (Å²) in [6.45, 7) is 0. The van der Waals surface area contributed by atoms with Gasteiger partial charge in [-0.1, -0.05) is 6.08 Å². The van der Waals surface area contributed by atoms with E-state index in [-0.39, 0.29) is 0 Å². The van der Waals surface area contributed by atoms with Gasteiger partial charge in [-0.3, -0.25) is 9.59 Å². The Kier molecular flexibility index (Phi) is 6.88. The fraction of sp³-hybridized carbons (Fsp3) is 0.500. The van der Waals surface area contributed by atoms with Gasteiger partial charge in [0.15, 0.2) is 12.4 Å². The van der Waals surface area contributed by atoms with E-state index in [0.29, 0.717) is 25.4 Å². The first-order valence-corrected chi connectivity index (χ1v) is 4.55. The van der Waals surface area contributed by atoms with Gasteiger partial charge < -0.3 is 9.64 Å². The molecule has 0 fully saturated rings. The third-order valence-electron chi connectivity index (χ3n) is 1.60. The van der Waals surface area contributed by atoms with Gasteiger partial charge in [-0.2, -0.15) is 0 Å². The van der Waals surface area contributed by atoms with Crippen LogP contribution in [0.25, 0.3) is 0 Å². The first-order valence-electron chi connectivity index (χ1n) is 4.55. The van der Waals surface area contributed by atoms with Crippen molar-refractivity contribution in [3.63, 3.8) is 0 Å². The Labute approximate surface area is 88.7 Å². The smallest absolute Gasteiger partial charge is 0.409 e. The zero-order valence-electron chi connectivity index (χ0n) is 8.88. The van der Waals surface area contributed by atoms with Crippen molar-refractivity contribution in [1.82, 2.24) is 4.90 Å². The van der Waals surface area contributed by atoms with Gasteiger partial charge in [0.05, 0.1) is 0 Å². The Morgan fingerprint density at radius 1 is 1.40 bits per heavy atom. The highest BCUT2D eigenvalue weighted by Gasteiger charge is 2.13. The Bertz CT molecular complexity index is 248. The van der Waals surface area contributed by atoms with Crippen molar-refractivity contribution in [1.29, 1.82) is 0 Å². The van der Waals surface area contributed by atoms with Crippen LogP contribution < -0.4 is 0 Å². The topological polar surface area (TPSA) is 63.7 Å². The molecule has 5 nitrogen and oxygen atoms in total. The number of rotatable bonds is 6. The highest BCUT2D eigenvalue weighted by atomic mass is 16.6. The minimum absolute atomic E-state index is 0.382. The molecule has 0 radical (unpaired) electrons. The lowest BCUT2D eigenvalue weighted by Crippen LogP contribution is -2.28. The molecule has 0 bridgehead atoms. The molecule has 1 unspecified atom stereocenters. The first-order chi connectivity index (χ1) is 7.11. The molecule has 1 atom stereocenters. The second-order valence-electron chi connectivity index (χ2n) is 3.09. The molecule has 15 heavy (non-hydrogen) atoms. The minimum atomic E-state index is -0.754. The van der Waals surface area contributed by atoms with Crippen molar-refractivity contribution >= 4 is 18.7 Å². The predicted octanol–water partition coefficient (Wildman–Crippen LogP) is 0.787. The van der Waals surface area contributed by atoms with Crippen LogP contribution in [0.5, 0.6) is 0 Å². The van der Waals surface area contributed by atoms with Crippen LogP contribution in [0, 0.1) is 0 Å². The van der Waals surface area contributed by atoms with Gasteiger partial charge >= 0.3 is 6.09 Å². The fourth-order valence-electron chi connectivity index (χ4n) is 0.802. The van der Waals surface area contributed by atoms with Crippen LogP contribution in [0.1, 0.15) is 12.8 Å². The molecular weight excluding hydrogens is 198 g/mol. The normalized spacial score (nSPS) is 12.1. The quantitative estimate of drug-likeness (QED) is 0.483. The monoisotopic (exact) mass is 213 g/mol. The van der Waals surface area contributed by atoms with Crippen LogP contribution in [0.15, 0.2) is 12.2 Å². The Morgan fingerprint density at radius 3 is 2.53 bits per heavy atom. The third-order valence-corrected chi connectivity index (χ3v) is 1.60. The summed E-state index contributed by atoms with van der Waals surface area (Å²) in [5.41, 5.74) is 0. The number of amides is 1. The van der Waals surface area contributed by atoms with Gasteiger partial charge in [-0.15, -0.1) is 0 Å². The Morgan fingerprint density at radius 2 is 2.07 bits per heavy atom. The molecule has 0 heterocycles. The Balaban J connectivity index is 3.92. The molecule has 0 aromatic heterocycles. The molecule has 0 rings (SSSR count). The van der Waals surface area contributed by atoms with Crippen molar-refractivity contribution in [3.05, 3.63) is 12.2 Å². The molecule has 0 N–H and O–H groups in total.